The molecule has 0 radical (unpaired) electrons. The standard InChI is InChI=1S/C16H25NO3/c1-15(2,3)17-8-7-16(4,18)12-5-6-13-14(11-12)20-10-9-19-13/h5-6,11,17-18H,7-10H2,1-4H3. The van der Waals surface area contributed by atoms with Crippen molar-refractivity contribution in [2.24, 2.45) is 0 Å². The molecule has 0 saturated carbocycles. The fourth-order valence-electron chi connectivity index (χ4n) is 2.20. The zero-order valence-electron chi connectivity index (χ0n) is 12.8. The molecule has 1 aromatic carbocycles. The van der Waals surface area contributed by atoms with Crippen molar-refractivity contribution in [1.82, 2.24) is 5.32 Å². The van der Waals surface area contributed by atoms with Crippen LogP contribution in [0, 0.1) is 0 Å². The van der Waals surface area contributed by atoms with Gasteiger partial charge in [-0.15, -0.1) is 0 Å². The minimum atomic E-state index is -0.881. The molecule has 2 rings (SSSR count). The van der Waals surface area contributed by atoms with Gasteiger partial charge in [-0.05, 0) is 58.4 Å². The molecule has 0 spiro atoms. The molecule has 1 aromatic rings. The van der Waals surface area contributed by atoms with Crippen LogP contribution in [0.2, 0.25) is 0 Å². The Kier molecular flexibility index (Phi) is 4.25. The van der Waals surface area contributed by atoms with Crippen molar-refractivity contribution in [3.8, 4) is 11.5 Å². The van der Waals surface area contributed by atoms with Crippen molar-refractivity contribution >= 4 is 0 Å². The molecule has 0 aromatic heterocycles. The van der Waals surface area contributed by atoms with Gasteiger partial charge in [-0.1, -0.05) is 6.07 Å². The number of rotatable bonds is 4. The number of benzene rings is 1. The van der Waals surface area contributed by atoms with E-state index in [1.165, 1.54) is 0 Å². The molecule has 1 heterocycles. The molecule has 0 fully saturated rings. The molecule has 1 aliphatic rings. The Bertz CT molecular complexity index is 463. The third-order valence-electron chi connectivity index (χ3n) is 3.43. The Morgan fingerprint density at radius 2 is 1.75 bits per heavy atom. The van der Waals surface area contributed by atoms with Crippen molar-refractivity contribution in [2.75, 3.05) is 19.8 Å². The Labute approximate surface area is 121 Å². The smallest absolute Gasteiger partial charge is 0.161 e. The predicted molar refractivity (Wildman–Crippen MR) is 79.4 cm³/mol. The summed E-state index contributed by atoms with van der Waals surface area (Å²) in [6.07, 6.45) is 0.643. The zero-order valence-corrected chi connectivity index (χ0v) is 12.8. The van der Waals surface area contributed by atoms with E-state index in [0.717, 1.165) is 23.6 Å². The number of nitrogens with one attached hydrogen (secondary N) is 1. The number of fused-ring (bicyclic) bond motifs is 1. The highest BCUT2D eigenvalue weighted by Gasteiger charge is 2.25. The van der Waals surface area contributed by atoms with E-state index in [0.29, 0.717) is 19.6 Å². The second-order valence-electron chi connectivity index (χ2n) is 6.56. The van der Waals surface area contributed by atoms with E-state index in [4.69, 9.17) is 9.47 Å². The van der Waals surface area contributed by atoms with Crippen LogP contribution in [0.5, 0.6) is 11.5 Å². The monoisotopic (exact) mass is 279 g/mol. The molecular formula is C16H25NO3. The van der Waals surface area contributed by atoms with Crippen LogP contribution in [0.4, 0.5) is 0 Å². The summed E-state index contributed by atoms with van der Waals surface area (Å²) in [4.78, 5) is 0. The van der Waals surface area contributed by atoms with Crippen molar-refractivity contribution in [3.63, 3.8) is 0 Å². The Balaban J connectivity index is 2.05. The van der Waals surface area contributed by atoms with Crippen molar-refractivity contribution < 1.29 is 14.6 Å². The summed E-state index contributed by atoms with van der Waals surface area (Å²) in [7, 11) is 0. The van der Waals surface area contributed by atoms with E-state index in [-0.39, 0.29) is 5.54 Å². The van der Waals surface area contributed by atoms with E-state index in [1.807, 2.05) is 25.1 Å². The van der Waals surface area contributed by atoms with Gasteiger partial charge < -0.3 is 19.9 Å². The van der Waals surface area contributed by atoms with Gasteiger partial charge in [0.15, 0.2) is 11.5 Å². The number of aliphatic hydroxyl groups is 1. The highest BCUT2D eigenvalue weighted by atomic mass is 16.6. The fourth-order valence-corrected chi connectivity index (χ4v) is 2.20. The topological polar surface area (TPSA) is 50.7 Å². The lowest BCUT2D eigenvalue weighted by Crippen LogP contribution is -2.39. The first-order valence-electron chi connectivity index (χ1n) is 7.15. The van der Waals surface area contributed by atoms with Crippen LogP contribution in [0.25, 0.3) is 0 Å². The minimum Gasteiger partial charge on any atom is -0.486 e. The summed E-state index contributed by atoms with van der Waals surface area (Å²) < 4.78 is 11.1. The average molecular weight is 279 g/mol. The lowest BCUT2D eigenvalue weighted by Gasteiger charge is -2.28. The summed E-state index contributed by atoms with van der Waals surface area (Å²) in [5.74, 6) is 1.47. The summed E-state index contributed by atoms with van der Waals surface area (Å²) >= 11 is 0. The minimum absolute atomic E-state index is 0.0584. The van der Waals surface area contributed by atoms with Gasteiger partial charge in [-0.2, -0.15) is 0 Å². The maximum absolute atomic E-state index is 10.6. The third kappa shape index (κ3) is 3.87. The van der Waals surface area contributed by atoms with Crippen LogP contribution in [0.15, 0.2) is 18.2 Å². The average Bonchev–Trinajstić information content (AvgIpc) is 2.36. The molecule has 0 aliphatic carbocycles. The Hall–Kier alpha value is -1.26. The fraction of sp³-hybridized carbons (Fsp3) is 0.625. The molecule has 0 bridgehead atoms. The second kappa shape index (κ2) is 5.62. The van der Waals surface area contributed by atoms with Crippen LogP contribution in [0.3, 0.4) is 0 Å². The van der Waals surface area contributed by atoms with Gasteiger partial charge in [0.05, 0.1) is 5.60 Å². The van der Waals surface area contributed by atoms with Crippen LogP contribution in [-0.2, 0) is 5.60 Å². The van der Waals surface area contributed by atoms with Gasteiger partial charge in [-0.3, -0.25) is 0 Å². The first-order chi connectivity index (χ1) is 9.28. The van der Waals surface area contributed by atoms with Gasteiger partial charge in [-0.25, -0.2) is 0 Å². The number of hydrogen-bond acceptors (Lipinski definition) is 4. The summed E-state index contributed by atoms with van der Waals surface area (Å²) in [6, 6.07) is 5.66. The molecule has 1 atom stereocenters. The van der Waals surface area contributed by atoms with E-state index in [1.54, 1.807) is 0 Å². The number of hydrogen-bond donors (Lipinski definition) is 2. The van der Waals surface area contributed by atoms with Gasteiger partial charge in [0.2, 0.25) is 0 Å². The van der Waals surface area contributed by atoms with E-state index >= 15 is 0 Å². The van der Waals surface area contributed by atoms with Crippen LogP contribution in [-0.4, -0.2) is 30.4 Å². The normalized spacial score (nSPS) is 17.6. The van der Waals surface area contributed by atoms with Gasteiger partial charge in [0, 0.05) is 5.54 Å². The van der Waals surface area contributed by atoms with Crippen molar-refractivity contribution in [2.45, 2.75) is 45.3 Å². The van der Waals surface area contributed by atoms with Gasteiger partial charge in [0.1, 0.15) is 13.2 Å². The second-order valence-corrected chi connectivity index (χ2v) is 6.56. The highest BCUT2D eigenvalue weighted by molar-refractivity contribution is 5.45. The van der Waals surface area contributed by atoms with E-state index in [9.17, 15) is 5.11 Å². The summed E-state index contributed by atoms with van der Waals surface area (Å²) in [6.45, 7) is 10.1. The van der Waals surface area contributed by atoms with Crippen LogP contribution < -0.4 is 14.8 Å². The first-order valence-corrected chi connectivity index (χ1v) is 7.15. The maximum atomic E-state index is 10.6. The third-order valence-corrected chi connectivity index (χ3v) is 3.43. The number of ether oxygens (including phenoxy) is 2. The van der Waals surface area contributed by atoms with Crippen LogP contribution >= 0.6 is 0 Å². The molecule has 0 saturated heterocycles. The SMILES string of the molecule is CC(C)(C)NCCC(C)(O)c1ccc2c(c1)OCCO2. The molecule has 1 unspecified atom stereocenters. The van der Waals surface area contributed by atoms with E-state index < -0.39 is 5.60 Å². The Morgan fingerprint density at radius 1 is 1.10 bits per heavy atom. The predicted octanol–water partition coefficient (Wildman–Crippen LogP) is 2.44. The first kappa shape index (κ1) is 15.1. The van der Waals surface area contributed by atoms with Crippen molar-refractivity contribution in [1.29, 1.82) is 0 Å². The van der Waals surface area contributed by atoms with E-state index in [2.05, 4.69) is 26.1 Å². The zero-order chi connectivity index (χ0) is 14.8. The van der Waals surface area contributed by atoms with Crippen LogP contribution in [0.1, 0.15) is 39.7 Å². The molecule has 112 valence electrons. The molecule has 4 nitrogen and oxygen atoms in total. The summed E-state index contributed by atoms with van der Waals surface area (Å²) in [5, 5.41) is 14.0. The molecule has 0 amide bonds. The largest absolute Gasteiger partial charge is 0.486 e. The quantitative estimate of drug-likeness (QED) is 0.889. The molecule has 2 N–H and O–H groups in total. The summed E-state index contributed by atoms with van der Waals surface area (Å²) in [5.41, 5.74) is 0.0363. The molecular weight excluding hydrogens is 254 g/mol. The highest BCUT2D eigenvalue weighted by Crippen LogP contribution is 2.35. The lowest BCUT2D eigenvalue weighted by molar-refractivity contribution is 0.0457. The van der Waals surface area contributed by atoms with Gasteiger partial charge in [0.25, 0.3) is 0 Å². The Morgan fingerprint density at radius 3 is 2.40 bits per heavy atom. The maximum Gasteiger partial charge on any atom is 0.161 e. The molecule has 4 heteroatoms. The van der Waals surface area contributed by atoms with Gasteiger partial charge >= 0.3 is 0 Å². The lowest BCUT2D eigenvalue weighted by atomic mass is 9.91. The molecule has 20 heavy (non-hydrogen) atoms. The van der Waals surface area contributed by atoms with Crippen molar-refractivity contribution in [3.05, 3.63) is 23.8 Å². The molecule has 1 aliphatic heterocycles.